The minimum Gasteiger partial charge on any atom is -0.396 e. The molecule has 1 N–H and O–H groups in total. The predicted molar refractivity (Wildman–Crippen MR) is 139 cm³/mol. The molecule has 0 aromatic rings. The Morgan fingerprint density at radius 2 is 1.92 bits per heavy atom. The summed E-state index contributed by atoms with van der Waals surface area (Å²) in [4.78, 5) is 47.2. The lowest BCUT2D eigenvalue weighted by molar-refractivity contribution is -0.155. The maximum atomic E-state index is 14.3. The van der Waals surface area contributed by atoms with Crippen LogP contribution in [-0.2, 0) is 19.1 Å². The van der Waals surface area contributed by atoms with E-state index < -0.39 is 29.1 Å². The second-order valence-electron chi connectivity index (χ2n) is 11.1. The fraction of sp³-hybridized carbons (Fsp3) is 0.750. The van der Waals surface area contributed by atoms with Gasteiger partial charge in [0.2, 0.25) is 17.7 Å². The minimum absolute atomic E-state index is 0.00115. The van der Waals surface area contributed by atoms with Crippen LogP contribution in [-0.4, -0.2) is 94.1 Å². The van der Waals surface area contributed by atoms with E-state index in [1.54, 1.807) is 29.0 Å². The Bertz CT molecular complexity index is 877. The number of unbranched alkanes of at least 4 members (excludes halogenated alkanes) is 1. The average Bonchev–Trinajstić information content (AvgIpc) is 3.34. The monoisotopic (exact) mass is 503 g/mol. The normalized spacial score (nSPS) is 33.4. The van der Waals surface area contributed by atoms with Gasteiger partial charge in [0.1, 0.15) is 11.6 Å². The van der Waals surface area contributed by atoms with E-state index in [0.29, 0.717) is 38.9 Å². The Hall–Kier alpha value is -2.19. The number of likely N-dealkylation sites (N-methyl/N-ethyl adjacent to an activating group) is 1. The number of carbonyl (C=O) groups is 3. The number of nitrogens with zero attached hydrogens (tertiary/aromatic N) is 3. The van der Waals surface area contributed by atoms with E-state index in [-0.39, 0.29) is 36.3 Å². The molecule has 4 unspecified atom stereocenters. The highest BCUT2D eigenvalue weighted by Gasteiger charge is 2.80. The summed E-state index contributed by atoms with van der Waals surface area (Å²) in [5.74, 6) is -1.85. The molecule has 0 aromatic heterocycles. The largest absolute Gasteiger partial charge is 0.396 e. The quantitative estimate of drug-likeness (QED) is 0.308. The van der Waals surface area contributed by atoms with E-state index in [4.69, 9.17) is 4.74 Å². The fourth-order valence-electron chi connectivity index (χ4n) is 6.91. The maximum Gasteiger partial charge on any atom is 0.248 e. The lowest BCUT2D eigenvalue weighted by Crippen LogP contribution is -2.58. The molecule has 3 aliphatic rings. The van der Waals surface area contributed by atoms with Crippen molar-refractivity contribution in [2.24, 2.45) is 17.8 Å². The van der Waals surface area contributed by atoms with E-state index in [1.165, 1.54) is 0 Å². The molecule has 7 atom stereocenters. The number of amides is 3. The van der Waals surface area contributed by atoms with Crippen LogP contribution < -0.4 is 0 Å². The van der Waals surface area contributed by atoms with Crippen molar-refractivity contribution in [3.63, 3.8) is 0 Å². The first-order valence-corrected chi connectivity index (χ1v) is 13.4. The van der Waals surface area contributed by atoms with E-state index in [2.05, 4.69) is 27.0 Å². The zero-order valence-corrected chi connectivity index (χ0v) is 22.7. The van der Waals surface area contributed by atoms with Gasteiger partial charge in [-0.15, -0.1) is 13.2 Å². The van der Waals surface area contributed by atoms with Crippen LogP contribution in [0.2, 0.25) is 0 Å². The Kier molecular flexibility index (Phi) is 8.71. The van der Waals surface area contributed by atoms with Gasteiger partial charge in [-0.25, -0.2) is 0 Å². The number of hydrogen-bond donors (Lipinski definition) is 1. The van der Waals surface area contributed by atoms with Gasteiger partial charge in [0.05, 0.1) is 17.4 Å². The van der Waals surface area contributed by atoms with Crippen molar-refractivity contribution < 1.29 is 24.2 Å². The number of ether oxygens (including phenoxy) is 1. The van der Waals surface area contributed by atoms with Gasteiger partial charge >= 0.3 is 0 Å². The van der Waals surface area contributed by atoms with Gasteiger partial charge in [0.25, 0.3) is 0 Å². The van der Waals surface area contributed by atoms with Gasteiger partial charge in [-0.3, -0.25) is 14.4 Å². The van der Waals surface area contributed by atoms with Crippen molar-refractivity contribution >= 4 is 17.7 Å². The second-order valence-corrected chi connectivity index (χ2v) is 11.1. The predicted octanol–water partition coefficient (Wildman–Crippen LogP) is 2.62. The maximum absolute atomic E-state index is 14.3. The molecule has 3 aliphatic heterocycles. The Morgan fingerprint density at radius 1 is 1.25 bits per heavy atom. The molecule has 0 radical (unpaired) electrons. The molecular formula is C28H45N3O5. The third kappa shape index (κ3) is 4.40. The summed E-state index contributed by atoms with van der Waals surface area (Å²) < 4.78 is 6.80. The molecule has 3 saturated heterocycles. The molecule has 1 spiro atoms. The smallest absolute Gasteiger partial charge is 0.248 e. The first-order valence-electron chi connectivity index (χ1n) is 13.4. The van der Waals surface area contributed by atoms with E-state index in [9.17, 15) is 19.5 Å². The van der Waals surface area contributed by atoms with Gasteiger partial charge in [0, 0.05) is 39.3 Å². The molecule has 3 heterocycles. The van der Waals surface area contributed by atoms with Gasteiger partial charge in [-0.2, -0.15) is 0 Å². The van der Waals surface area contributed by atoms with Crippen LogP contribution in [0, 0.1) is 17.8 Å². The summed E-state index contributed by atoms with van der Waals surface area (Å²) in [6.45, 7) is 16.8. The van der Waals surface area contributed by atoms with Gasteiger partial charge < -0.3 is 24.5 Å². The Balaban J connectivity index is 2.10. The molecule has 202 valence electrons. The van der Waals surface area contributed by atoms with Crippen molar-refractivity contribution in [2.45, 2.75) is 83.1 Å². The zero-order valence-electron chi connectivity index (χ0n) is 22.7. The van der Waals surface area contributed by atoms with Crippen molar-refractivity contribution in [2.75, 3.05) is 33.3 Å². The topological polar surface area (TPSA) is 90.4 Å². The standard InChI is InChI=1S/C28H45N3O5/c1-8-13-20(5)30(15-10-3)26(35)23-28-18-19(4)27(6,36-28)21(24(33)29(7)14-9-2)22(28)25(34)31(23)16-11-12-17-32/h9-10,19-23,32H,2-3,8,11-18H2,1,4-7H3/t19?,20?,21-,22-,23?,27+,28?/m0/s1. The molecule has 8 heteroatoms. The number of fused-ring (bicyclic) bond motifs is 1. The molecule has 3 amide bonds. The molecule has 3 rings (SSSR count). The summed E-state index contributed by atoms with van der Waals surface area (Å²) in [7, 11) is 1.72. The van der Waals surface area contributed by atoms with Crippen molar-refractivity contribution in [3.8, 4) is 0 Å². The second kappa shape index (κ2) is 11.1. The zero-order chi connectivity index (χ0) is 26.8. The highest BCUT2D eigenvalue weighted by molar-refractivity contribution is 5.99. The van der Waals surface area contributed by atoms with E-state index >= 15 is 0 Å². The highest BCUT2D eigenvalue weighted by Crippen LogP contribution is 2.65. The van der Waals surface area contributed by atoms with Gasteiger partial charge in [0.15, 0.2) is 0 Å². The average molecular weight is 504 g/mol. The third-order valence-electron chi connectivity index (χ3n) is 8.75. The molecular weight excluding hydrogens is 458 g/mol. The van der Waals surface area contributed by atoms with Crippen LogP contribution in [0.25, 0.3) is 0 Å². The Morgan fingerprint density at radius 3 is 2.50 bits per heavy atom. The lowest BCUT2D eigenvalue weighted by atomic mass is 9.62. The molecule has 36 heavy (non-hydrogen) atoms. The number of aliphatic hydroxyl groups excluding tert-OH is 1. The lowest BCUT2D eigenvalue weighted by Gasteiger charge is -2.39. The van der Waals surface area contributed by atoms with Crippen LogP contribution in [0.3, 0.4) is 0 Å². The van der Waals surface area contributed by atoms with Crippen LogP contribution in [0.15, 0.2) is 25.3 Å². The minimum atomic E-state index is -1.05. The first kappa shape index (κ1) is 28.4. The van der Waals surface area contributed by atoms with Crippen LogP contribution in [0.4, 0.5) is 0 Å². The summed E-state index contributed by atoms with van der Waals surface area (Å²) in [5.41, 5.74) is -1.89. The summed E-state index contributed by atoms with van der Waals surface area (Å²) >= 11 is 0. The summed E-state index contributed by atoms with van der Waals surface area (Å²) in [6.07, 6.45) is 6.80. The van der Waals surface area contributed by atoms with Gasteiger partial charge in [-0.1, -0.05) is 32.4 Å². The summed E-state index contributed by atoms with van der Waals surface area (Å²) in [5, 5.41) is 9.36. The van der Waals surface area contributed by atoms with Crippen LogP contribution in [0.5, 0.6) is 0 Å². The highest BCUT2D eigenvalue weighted by atomic mass is 16.5. The number of hydrogen-bond acceptors (Lipinski definition) is 5. The molecule has 3 fully saturated rings. The van der Waals surface area contributed by atoms with Gasteiger partial charge in [-0.05, 0) is 45.4 Å². The SMILES string of the molecule is C=CCN(C)C(=O)[C@@H]1[C@H]2C(=O)N(CCCCO)C(C(=O)N(CC=C)C(C)CCC)C23CC(C)[C@@]1(C)O3. The number of likely N-dealkylation sites (tertiary alicyclic amines) is 1. The number of aliphatic hydroxyl groups is 1. The van der Waals surface area contributed by atoms with Crippen molar-refractivity contribution in [3.05, 3.63) is 25.3 Å². The fourth-order valence-corrected chi connectivity index (χ4v) is 6.91. The third-order valence-corrected chi connectivity index (χ3v) is 8.75. The van der Waals surface area contributed by atoms with Crippen molar-refractivity contribution in [1.29, 1.82) is 0 Å². The molecule has 0 saturated carbocycles. The number of rotatable bonds is 13. The van der Waals surface area contributed by atoms with Crippen LogP contribution in [0.1, 0.15) is 59.8 Å². The first-order chi connectivity index (χ1) is 17.0. The number of carbonyl (C=O) groups excluding carboxylic acids is 3. The summed E-state index contributed by atoms with van der Waals surface area (Å²) in [6, 6.07) is -0.826. The van der Waals surface area contributed by atoms with E-state index in [0.717, 1.165) is 12.8 Å². The molecule has 0 aromatic carbocycles. The molecule has 2 bridgehead atoms. The molecule has 8 nitrogen and oxygen atoms in total. The van der Waals surface area contributed by atoms with Crippen molar-refractivity contribution in [1.82, 2.24) is 14.7 Å². The molecule has 0 aliphatic carbocycles. The Labute approximate surface area is 216 Å². The van der Waals surface area contributed by atoms with Crippen LogP contribution >= 0.6 is 0 Å². The van der Waals surface area contributed by atoms with E-state index in [1.807, 2.05) is 18.7 Å².